The Hall–Kier alpha value is -3.07. The van der Waals surface area contributed by atoms with Crippen LogP contribution in [0.1, 0.15) is 45.2 Å². The lowest BCUT2D eigenvalue weighted by Gasteiger charge is -2.33. The molecular formula is C26H37N3O5S. The van der Waals surface area contributed by atoms with Crippen LogP contribution in [0.2, 0.25) is 0 Å². The van der Waals surface area contributed by atoms with Gasteiger partial charge in [-0.2, -0.15) is 0 Å². The molecule has 1 atom stereocenters. The number of hydrogen-bond acceptors (Lipinski definition) is 5. The maximum Gasteiger partial charge on any atom is 0.244 e. The molecule has 0 saturated heterocycles. The molecule has 9 heteroatoms. The molecule has 2 rings (SSSR count). The lowest BCUT2D eigenvalue weighted by Crippen LogP contribution is -2.53. The zero-order valence-electron chi connectivity index (χ0n) is 21.4. The van der Waals surface area contributed by atoms with Crippen LogP contribution >= 0.6 is 0 Å². The Kier molecular flexibility index (Phi) is 10.1. The largest absolute Gasteiger partial charge is 0.492 e. The minimum atomic E-state index is -3.83. The first-order valence-corrected chi connectivity index (χ1v) is 13.7. The van der Waals surface area contributed by atoms with E-state index in [1.54, 1.807) is 31.2 Å². The normalized spacial score (nSPS) is 12.2. The van der Waals surface area contributed by atoms with Crippen molar-refractivity contribution in [2.75, 3.05) is 23.7 Å². The first-order valence-electron chi connectivity index (χ1n) is 11.8. The first-order chi connectivity index (χ1) is 16.5. The van der Waals surface area contributed by atoms with Gasteiger partial charge in [-0.15, -0.1) is 0 Å². The van der Waals surface area contributed by atoms with Crippen LogP contribution in [0, 0.1) is 6.92 Å². The first kappa shape index (κ1) is 28.2. The molecule has 0 spiro atoms. The topological polar surface area (TPSA) is 96.0 Å². The molecule has 2 amide bonds. The van der Waals surface area contributed by atoms with Crippen LogP contribution in [0.5, 0.6) is 5.75 Å². The fraction of sp³-hybridized carbons (Fsp3) is 0.462. The Labute approximate surface area is 209 Å². The maximum absolute atomic E-state index is 13.7. The summed E-state index contributed by atoms with van der Waals surface area (Å²) >= 11 is 0. The standard InChI is InChI=1S/C26H37N3O5S/c1-7-22(26(31)27-19(3)4)28(17-21-13-11-12-20(5)16-21)25(30)18-29(35(6,32)33)23-14-9-10-15-24(23)34-8-2/h9-16,19,22H,7-8,17-18H2,1-6H3,(H,27,31)/t22-/m1/s1. The van der Waals surface area contributed by atoms with Gasteiger partial charge in [-0.25, -0.2) is 8.42 Å². The highest BCUT2D eigenvalue weighted by Crippen LogP contribution is 2.30. The number of nitrogens with one attached hydrogen (secondary N) is 1. The van der Waals surface area contributed by atoms with Gasteiger partial charge in [0.25, 0.3) is 0 Å². The van der Waals surface area contributed by atoms with Gasteiger partial charge in [0.15, 0.2) is 0 Å². The van der Waals surface area contributed by atoms with Crippen molar-refractivity contribution in [3.8, 4) is 5.75 Å². The number of ether oxygens (including phenoxy) is 1. The van der Waals surface area contributed by atoms with Crippen molar-refractivity contribution >= 4 is 27.5 Å². The van der Waals surface area contributed by atoms with E-state index in [0.29, 0.717) is 18.8 Å². The number of benzene rings is 2. The molecule has 2 aromatic rings. The van der Waals surface area contributed by atoms with Crippen molar-refractivity contribution in [2.24, 2.45) is 0 Å². The number of aryl methyl sites for hydroxylation is 1. The van der Waals surface area contributed by atoms with Gasteiger partial charge in [0.2, 0.25) is 21.8 Å². The van der Waals surface area contributed by atoms with Gasteiger partial charge in [0, 0.05) is 12.6 Å². The van der Waals surface area contributed by atoms with Crippen molar-refractivity contribution in [3.05, 3.63) is 59.7 Å². The highest BCUT2D eigenvalue weighted by molar-refractivity contribution is 7.92. The molecule has 0 heterocycles. The van der Waals surface area contributed by atoms with Gasteiger partial charge in [-0.05, 0) is 51.8 Å². The van der Waals surface area contributed by atoms with Crippen LogP contribution in [0.3, 0.4) is 0 Å². The summed E-state index contributed by atoms with van der Waals surface area (Å²) < 4.78 is 32.2. The zero-order valence-corrected chi connectivity index (χ0v) is 22.3. The SMILES string of the molecule is CCOc1ccccc1N(CC(=O)N(Cc1cccc(C)c1)[C@H](CC)C(=O)NC(C)C)S(C)(=O)=O. The number of amides is 2. The smallest absolute Gasteiger partial charge is 0.244 e. The number of rotatable bonds is 12. The summed E-state index contributed by atoms with van der Waals surface area (Å²) in [7, 11) is -3.83. The number of anilines is 1. The number of para-hydroxylation sites is 2. The lowest BCUT2D eigenvalue weighted by atomic mass is 10.1. The number of hydrogen-bond donors (Lipinski definition) is 1. The molecule has 0 aliphatic heterocycles. The van der Waals surface area contributed by atoms with Gasteiger partial charge >= 0.3 is 0 Å². The molecule has 1 N–H and O–H groups in total. The van der Waals surface area contributed by atoms with E-state index < -0.39 is 28.5 Å². The molecule has 192 valence electrons. The average Bonchev–Trinajstić information content (AvgIpc) is 2.77. The Balaban J connectivity index is 2.49. The third kappa shape index (κ3) is 7.99. The molecule has 2 aromatic carbocycles. The molecule has 0 aromatic heterocycles. The van der Waals surface area contributed by atoms with Gasteiger partial charge in [-0.1, -0.05) is 48.9 Å². The van der Waals surface area contributed by atoms with Crippen molar-refractivity contribution in [2.45, 2.75) is 59.7 Å². The van der Waals surface area contributed by atoms with Crippen LogP contribution in [-0.4, -0.2) is 56.6 Å². The summed E-state index contributed by atoms with van der Waals surface area (Å²) in [5.74, 6) is -0.388. The maximum atomic E-state index is 13.7. The van der Waals surface area contributed by atoms with Crippen LogP contribution < -0.4 is 14.4 Å². The van der Waals surface area contributed by atoms with Crippen LogP contribution in [-0.2, 0) is 26.2 Å². The van der Waals surface area contributed by atoms with Crippen LogP contribution in [0.4, 0.5) is 5.69 Å². The minimum absolute atomic E-state index is 0.0990. The average molecular weight is 504 g/mol. The van der Waals surface area contributed by atoms with E-state index >= 15 is 0 Å². The summed E-state index contributed by atoms with van der Waals surface area (Å²) in [4.78, 5) is 28.2. The summed E-state index contributed by atoms with van der Waals surface area (Å²) in [6.45, 7) is 9.36. The second-order valence-electron chi connectivity index (χ2n) is 8.77. The van der Waals surface area contributed by atoms with Crippen molar-refractivity contribution in [3.63, 3.8) is 0 Å². The van der Waals surface area contributed by atoms with Crippen molar-refractivity contribution in [1.82, 2.24) is 10.2 Å². The second-order valence-corrected chi connectivity index (χ2v) is 10.7. The Morgan fingerprint density at radius 2 is 1.74 bits per heavy atom. The summed E-state index contributed by atoms with van der Waals surface area (Å²) in [6.07, 6.45) is 1.43. The fourth-order valence-corrected chi connectivity index (χ4v) is 4.70. The van der Waals surface area contributed by atoms with E-state index in [2.05, 4.69) is 5.32 Å². The number of sulfonamides is 1. The predicted molar refractivity (Wildman–Crippen MR) is 139 cm³/mol. The lowest BCUT2D eigenvalue weighted by molar-refractivity contribution is -0.140. The molecule has 0 fully saturated rings. The number of nitrogens with zero attached hydrogens (tertiary/aromatic N) is 2. The second kappa shape index (κ2) is 12.6. The predicted octanol–water partition coefficient (Wildman–Crippen LogP) is 3.49. The summed E-state index contributed by atoms with van der Waals surface area (Å²) in [6, 6.07) is 13.5. The highest BCUT2D eigenvalue weighted by Gasteiger charge is 2.32. The summed E-state index contributed by atoms with van der Waals surface area (Å²) in [5, 5.41) is 2.88. The van der Waals surface area contributed by atoms with E-state index in [-0.39, 0.29) is 24.2 Å². The zero-order chi connectivity index (χ0) is 26.2. The van der Waals surface area contributed by atoms with E-state index in [4.69, 9.17) is 4.74 Å². The monoisotopic (exact) mass is 503 g/mol. The van der Waals surface area contributed by atoms with Crippen molar-refractivity contribution < 1.29 is 22.7 Å². The number of carbonyl (C=O) groups excluding carboxylic acids is 2. The molecular weight excluding hydrogens is 466 g/mol. The highest BCUT2D eigenvalue weighted by atomic mass is 32.2. The molecule has 0 unspecified atom stereocenters. The van der Waals surface area contributed by atoms with Crippen molar-refractivity contribution in [1.29, 1.82) is 0 Å². The number of carbonyl (C=O) groups is 2. The van der Waals surface area contributed by atoms with Crippen LogP contribution in [0.25, 0.3) is 0 Å². The Bertz CT molecular complexity index is 1120. The van der Waals surface area contributed by atoms with Crippen LogP contribution in [0.15, 0.2) is 48.5 Å². The molecule has 0 bridgehead atoms. The van der Waals surface area contributed by atoms with Gasteiger partial charge in [0.05, 0.1) is 18.6 Å². The molecule has 0 aliphatic rings. The summed E-state index contributed by atoms with van der Waals surface area (Å²) in [5.41, 5.74) is 2.16. The molecule has 35 heavy (non-hydrogen) atoms. The third-order valence-electron chi connectivity index (χ3n) is 5.37. The quantitative estimate of drug-likeness (QED) is 0.478. The minimum Gasteiger partial charge on any atom is -0.492 e. The third-order valence-corrected chi connectivity index (χ3v) is 6.49. The Morgan fingerprint density at radius 3 is 2.31 bits per heavy atom. The van der Waals surface area contributed by atoms with Gasteiger partial charge in [-0.3, -0.25) is 13.9 Å². The van der Waals surface area contributed by atoms with E-state index in [9.17, 15) is 18.0 Å². The fourth-order valence-electron chi connectivity index (χ4n) is 3.84. The van der Waals surface area contributed by atoms with E-state index in [1.807, 2.05) is 52.0 Å². The van der Waals surface area contributed by atoms with E-state index in [1.165, 1.54) is 4.90 Å². The van der Waals surface area contributed by atoms with Gasteiger partial charge in [0.1, 0.15) is 18.3 Å². The molecule has 0 aliphatic carbocycles. The molecule has 0 saturated carbocycles. The Morgan fingerprint density at radius 1 is 1.06 bits per heavy atom. The van der Waals surface area contributed by atoms with Gasteiger partial charge < -0.3 is 15.0 Å². The molecule has 8 nitrogen and oxygen atoms in total. The van der Waals surface area contributed by atoms with E-state index in [0.717, 1.165) is 21.7 Å². The molecule has 0 radical (unpaired) electrons.